The van der Waals surface area contributed by atoms with Crippen LogP contribution < -0.4 is 16.0 Å². The molecule has 34 heavy (non-hydrogen) atoms. The summed E-state index contributed by atoms with van der Waals surface area (Å²) in [6.07, 6.45) is 3.44. The highest BCUT2D eigenvalue weighted by atomic mass is 35.5. The van der Waals surface area contributed by atoms with Crippen LogP contribution in [-0.4, -0.2) is 68.3 Å². The molecule has 12 nitrogen and oxygen atoms in total. The van der Waals surface area contributed by atoms with Crippen molar-refractivity contribution in [2.24, 2.45) is 0 Å². The lowest BCUT2D eigenvalue weighted by Crippen LogP contribution is -2.32. The number of hydrogen-bond acceptors (Lipinski definition) is 10. The molecule has 0 bridgehead atoms. The second-order valence-corrected chi connectivity index (χ2v) is 8.20. The van der Waals surface area contributed by atoms with E-state index in [0.717, 1.165) is 12.8 Å². The van der Waals surface area contributed by atoms with Crippen LogP contribution in [0.3, 0.4) is 0 Å². The van der Waals surface area contributed by atoms with Gasteiger partial charge in [-0.3, -0.25) is 9.69 Å². The molecule has 2 aromatic heterocycles. The van der Waals surface area contributed by atoms with Gasteiger partial charge in [-0.2, -0.15) is 20.0 Å². The molecule has 4 N–H and O–H groups in total. The number of imidazole rings is 1. The number of nitrogens with one attached hydrogen (secondary N) is 3. The van der Waals surface area contributed by atoms with Crippen LogP contribution in [0.15, 0.2) is 18.3 Å². The van der Waals surface area contributed by atoms with E-state index in [0.29, 0.717) is 23.7 Å². The van der Waals surface area contributed by atoms with Gasteiger partial charge in [0.25, 0.3) is 0 Å². The normalized spacial score (nSPS) is 12.9. The number of hydrogen-bond donors (Lipinski definition) is 4. The Morgan fingerprint density at radius 2 is 2.09 bits per heavy atom. The fraction of sp³-hybridized carbons (Fsp3) is 0.333. The highest BCUT2D eigenvalue weighted by Crippen LogP contribution is 2.34. The summed E-state index contributed by atoms with van der Waals surface area (Å²) in [5, 5.41) is 41.3. The van der Waals surface area contributed by atoms with Crippen molar-refractivity contribution >= 4 is 46.3 Å². The highest BCUT2D eigenvalue weighted by Gasteiger charge is 2.24. The van der Waals surface area contributed by atoms with Crippen molar-refractivity contribution in [1.29, 1.82) is 10.5 Å². The molecule has 0 atom stereocenters. The van der Waals surface area contributed by atoms with Gasteiger partial charge >= 0.3 is 0 Å². The van der Waals surface area contributed by atoms with E-state index < -0.39 is 0 Å². The van der Waals surface area contributed by atoms with E-state index in [1.165, 1.54) is 22.8 Å². The molecule has 4 rings (SSSR count). The summed E-state index contributed by atoms with van der Waals surface area (Å²) in [5.41, 5.74) is 1.45. The van der Waals surface area contributed by atoms with Crippen LogP contribution in [0.1, 0.15) is 24.1 Å². The molecule has 1 saturated carbocycles. The molecule has 2 heterocycles. The Labute approximate surface area is 199 Å². The Hall–Kier alpha value is -3.97. The first-order chi connectivity index (χ1) is 16.4. The third kappa shape index (κ3) is 5.15. The molecule has 13 heteroatoms. The molecule has 0 spiro atoms. The zero-order chi connectivity index (χ0) is 24.2. The largest absolute Gasteiger partial charge is 0.395 e. The number of amides is 1. The van der Waals surface area contributed by atoms with Crippen LogP contribution in [0.5, 0.6) is 0 Å². The molecule has 1 aromatic carbocycles. The van der Waals surface area contributed by atoms with Gasteiger partial charge in [0.1, 0.15) is 6.07 Å². The number of carbonyl (C=O) groups is 1. The number of fused-ring (bicyclic) bond motifs is 1. The average Bonchev–Trinajstić information content (AvgIpc) is 3.52. The number of carbonyl (C=O) groups excluding carboxylic acids is 1. The van der Waals surface area contributed by atoms with E-state index in [9.17, 15) is 15.3 Å². The first-order valence-electron chi connectivity index (χ1n) is 10.4. The summed E-state index contributed by atoms with van der Waals surface area (Å²) in [4.78, 5) is 22.8. The van der Waals surface area contributed by atoms with E-state index in [1.54, 1.807) is 11.9 Å². The van der Waals surface area contributed by atoms with Crippen LogP contribution in [0, 0.1) is 22.7 Å². The van der Waals surface area contributed by atoms with Crippen molar-refractivity contribution in [3.63, 3.8) is 0 Å². The van der Waals surface area contributed by atoms with Gasteiger partial charge in [-0.25, -0.2) is 4.98 Å². The quantitative estimate of drug-likeness (QED) is 0.353. The molecule has 0 saturated heterocycles. The number of aliphatic hydroxyl groups is 1. The molecule has 3 aromatic rings. The van der Waals surface area contributed by atoms with Gasteiger partial charge in [-0.1, -0.05) is 11.6 Å². The molecule has 0 radical (unpaired) electrons. The van der Waals surface area contributed by atoms with E-state index >= 15 is 0 Å². The highest BCUT2D eigenvalue weighted by molar-refractivity contribution is 6.36. The summed E-state index contributed by atoms with van der Waals surface area (Å²) >= 11 is 6.54. The first kappa shape index (κ1) is 23.2. The molecule has 1 aliphatic rings. The van der Waals surface area contributed by atoms with Crippen LogP contribution in [-0.2, 0) is 4.79 Å². The number of likely N-dealkylation sites (N-methyl/N-ethyl adjacent to an activating group) is 1. The Morgan fingerprint density at radius 1 is 1.32 bits per heavy atom. The van der Waals surface area contributed by atoms with Crippen molar-refractivity contribution < 1.29 is 9.90 Å². The number of anilines is 4. The third-order valence-corrected chi connectivity index (χ3v) is 5.42. The molecule has 174 valence electrons. The van der Waals surface area contributed by atoms with Gasteiger partial charge in [0, 0.05) is 12.6 Å². The lowest BCUT2D eigenvalue weighted by Gasteiger charge is -2.17. The maximum atomic E-state index is 12.4. The monoisotopic (exact) mass is 480 g/mol. The van der Waals surface area contributed by atoms with Crippen LogP contribution >= 0.6 is 11.6 Å². The van der Waals surface area contributed by atoms with Crippen LogP contribution in [0.2, 0.25) is 5.02 Å². The second kappa shape index (κ2) is 9.89. The predicted octanol–water partition coefficient (Wildman–Crippen LogP) is 1.70. The number of aliphatic hydroxyl groups excluding tert-OH is 1. The standard InChI is InChI=1S/C21H21ClN10O2/c1-31(4-5-33)11-17(34)27-15-6-12(8-23)7-16(18(15)22)28-21-29-19(26-13-2-3-13)20-25-10-14(9-24)32(20)30-21/h6-7,10,13,33H,2-5,11H2,1H3,(H,27,34)(H2,26,28,29,30). The molecule has 1 fully saturated rings. The predicted molar refractivity (Wildman–Crippen MR) is 125 cm³/mol. The number of benzene rings is 1. The number of rotatable bonds is 9. The molecule has 1 aliphatic carbocycles. The SMILES string of the molecule is CN(CCO)CC(=O)Nc1cc(C#N)cc(Nc2nc(NC3CC3)c3ncc(C#N)n3n2)c1Cl. The molecule has 0 unspecified atom stereocenters. The van der Waals surface area contributed by atoms with Crippen molar-refractivity contribution in [3.05, 3.63) is 34.6 Å². The summed E-state index contributed by atoms with van der Waals surface area (Å²) in [6, 6.07) is 7.34. The van der Waals surface area contributed by atoms with Crippen molar-refractivity contribution in [1.82, 2.24) is 24.5 Å². The maximum Gasteiger partial charge on any atom is 0.247 e. The third-order valence-electron chi connectivity index (χ3n) is 5.01. The number of nitrogens with zero attached hydrogens (tertiary/aromatic N) is 7. The minimum Gasteiger partial charge on any atom is -0.395 e. The zero-order valence-electron chi connectivity index (χ0n) is 18.2. The van der Waals surface area contributed by atoms with Gasteiger partial charge in [0.2, 0.25) is 11.9 Å². The molecule has 0 aliphatic heterocycles. The van der Waals surface area contributed by atoms with Crippen LogP contribution in [0.25, 0.3) is 5.65 Å². The van der Waals surface area contributed by atoms with Gasteiger partial charge in [0.15, 0.2) is 17.2 Å². The second-order valence-electron chi connectivity index (χ2n) is 7.83. The summed E-state index contributed by atoms with van der Waals surface area (Å²) in [6.45, 7) is 0.293. The van der Waals surface area contributed by atoms with Crippen molar-refractivity contribution in [2.75, 3.05) is 42.7 Å². The average molecular weight is 481 g/mol. The Kier molecular flexibility index (Phi) is 6.75. The Bertz CT molecular complexity index is 1320. The lowest BCUT2D eigenvalue weighted by atomic mass is 10.2. The summed E-state index contributed by atoms with van der Waals surface area (Å²) in [5.74, 6) is 0.237. The van der Waals surface area contributed by atoms with E-state index in [4.69, 9.17) is 16.7 Å². The minimum atomic E-state index is -0.357. The van der Waals surface area contributed by atoms with Gasteiger partial charge in [-0.05, 0) is 32.0 Å². The van der Waals surface area contributed by atoms with E-state index in [1.807, 2.05) is 12.1 Å². The summed E-state index contributed by atoms with van der Waals surface area (Å²) in [7, 11) is 1.70. The van der Waals surface area contributed by atoms with Gasteiger partial charge in [-0.15, -0.1) is 5.10 Å². The van der Waals surface area contributed by atoms with Crippen molar-refractivity contribution in [3.8, 4) is 12.1 Å². The van der Waals surface area contributed by atoms with Gasteiger partial charge < -0.3 is 21.1 Å². The lowest BCUT2D eigenvalue weighted by molar-refractivity contribution is -0.117. The zero-order valence-corrected chi connectivity index (χ0v) is 19.0. The smallest absolute Gasteiger partial charge is 0.247 e. The molecular weight excluding hydrogens is 460 g/mol. The fourth-order valence-electron chi connectivity index (χ4n) is 3.20. The van der Waals surface area contributed by atoms with Gasteiger partial charge in [0.05, 0.1) is 47.4 Å². The number of halogens is 1. The van der Waals surface area contributed by atoms with E-state index in [-0.39, 0.29) is 53.0 Å². The molecule has 1 amide bonds. The van der Waals surface area contributed by atoms with Crippen molar-refractivity contribution in [2.45, 2.75) is 18.9 Å². The fourth-order valence-corrected chi connectivity index (χ4v) is 3.41. The first-order valence-corrected chi connectivity index (χ1v) is 10.8. The topological polar surface area (TPSA) is 167 Å². The van der Waals surface area contributed by atoms with E-state index in [2.05, 4.69) is 31.0 Å². The maximum absolute atomic E-state index is 12.4. The summed E-state index contributed by atoms with van der Waals surface area (Å²) < 4.78 is 1.38. The number of aromatic nitrogens is 4. The minimum absolute atomic E-state index is 0.0317. The Balaban J connectivity index is 1.66. The molecular formula is C21H21ClN10O2. The van der Waals surface area contributed by atoms with Crippen LogP contribution in [0.4, 0.5) is 23.1 Å². The Morgan fingerprint density at radius 3 is 2.76 bits per heavy atom. The number of nitriles is 2.